The fourth-order valence-electron chi connectivity index (χ4n) is 1.81. The number of nitrogens with two attached hydrogens (primary N) is 1. The minimum atomic E-state index is -1.03. The SMILES string of the molecule is Nc1c(Br)cc2oc(-c3cc(F)c(F)cc3Cl)nc2c1Br. The highest BCUT2D eigenvalue weighted by Crippen LogP contribution is 2.38. The maximum Gasteiger partial charge on any atom is 0.228 e. The van der Waals surface area contributed by atoms with Crippen molar-refractivity contribution in [2.24, 2.45) is 0 Å². The topological polar surface area (TPSA) is 52.0 Å². The van der Waals surface area contributed by atoms with E-state index in [9.17, 15) is 8.78 Å². The average molecular weight is 438 g/mol. The summed E-state index contributed by atoms with van der Waals surface area (Å²) in [6.45, 7) is 0. The van der Waals surface area contributed by atoms with Gasteiger partial charge in [-0.25, -0.2) is 13.8 Å². The molecule has 0 radical (unpaired) electrons. The average Bonchev–Trinajstić information content (AvgIpc) is 2.84. The summed E-state index contributed by atoms with van der Waals surface area (Å²) in [6, 6.07) is 3.45. The Bertz CT molecular complexity index is 882. The Morgan fingerprint density at radius 1 is 1.14 bits per heavy atom. The second-order valence-corrected chi connectivity index (χ2v) is 6.25. The number of nitrogen functional groups attached to an aromatic ring is 1. The molecule has 3 nitrogen and oxygen atoms in total. The van der Waals surface area contributed by atoms with Crippen LogP contribution < -0.4 is 5.73 Å². The number of rotatable bonds is 1. The van der Waals surface area contributed by atoms with Gasteiger partial charge >= 0.3 is 0 Å². The van der Waals surface area contributed by atoms with Crippen LogP contribution >= 0.6 is 43.5 Å². The molecule has 3 rings (SSSR count). The molecule has 1 heterocycles. The van der Waals surface area contributed by atoms with Crippen LogP contribution in [0.25, 0.3) is 22.6 Å². The smallest absolute Gasteiger partial charge is 0.228 e. The first-order valence-corrected chi connectivity index (χ1v) is 7.54. The second kappa shape index (κ2) is 5.23. The fourth-order valence-corrected chi connectivity index (χ4v) is 3.21. The van der Waals surface area contributed by atoms with Crippen molar-refractivity contribution in [2.75, 3.05) is 5.73 Å². The van der Waals surface area contributed by atoms with Crippen LogP contribution in [0.15, 0.2) is 31.6 Å². The van der Waals surface area contributed by atoms with Crippen molar-refractivity contribution in [1.29, 1.82) is 0 Å². The third kappa shape index (κ3) is 2.43. The minimum Gasteiger partial charge on any atom is -0.436 e. The van der Waals surface area contributed by atoms with Crippen molar-refractivity contribution < 1.29 is 13.2 Å². The van der Waals surface area contributed by atoms with Crippen LogP contribution in [-0.2, 0) is 0 Å². The monoisotopic (exact) mass is 436 g/mol. The molecule has 8 heteroatoms. The summed E-state index contributed by atoms with van der Waals surface area (Å²) in [4.78, 5) is 4.23. The Balaban J connectivity index is 2.27. The third-order valence-corrected chi connectivity index (χ3v) is 4.62. The summed E-state index contributed by atoms with van der Waals surface area (Å²) < 4.78 is 33.2. The van der Waals surface area contributed by atoms with Gasteiger partial charge in [0.15, 0.2) is 17.2 Å². The molecule has 2 aromatic carbocycles. The Kier molecular flexibility index (Phi) is 3.67. The normalized spacial score (nSPS) is 11.3. The number of halogens is 5. The van der Waals surface area contributed by atoms with Crippen LogP contribution in [0.5, 0.6) is 0 Å². The Morgan fingerprint density at radius 2 is 1.81 bits per heavy atom. The Labute approximate surface area is 139 Å². The predicted octanol–water partition coefficient (Wildman–Crippen LogP) is 5.53. The summed E-state index contributed by atoms with van der Waals surface area (Å²) in [5.41, 5.74) is 7.37. The molecule has 0 aliphatic heterocycles. The van der Waals surface area contributed by atoms with Gasteiger partial charge in [-0.15, -0.1) is 0 Å². The van der Waals surface area contributed by atoms with Gasteiger partial charge in [-0.2, -0.15) is 0 Å². The van der Waals surface area contributed by atoms with Crippen LogP contribution in [0, 0.1) is 11.6 Å². The number of benzene rings is 2. The van der Waals surface area contributed by atoms with Gasteiger partial charge < -0.3 is 10.2 Å². The Morgan fingerprint density at radius 3 is 2.52 bits per heavy atom. The first-order valence-electron chi connectivity index (χ1n) is 5.57. The van der Waals surface area contributed by atoms with Gasteiger partial charge in [0.25, 0.3) is 0 Å². The number of hydrogen-bond acceptors (Lipinski definition) is 3. The number of hydrogen-bond donors (Lipinski definition) is 1. The third-order valence-electron chi connectivity index (χ3n) is 2.85. The lowest BCUT2D eigenvalue weighted by Gasteiger charge is -2.00. The molecule has 0 spiro atoms. The molecule has 0 unspecified atom stereocenters. The van der Waals surface area contributed by atoms with Crippen molar-refractivity contribution in [1.82, 2.24) is 4.98 Å². The fraction of sp³-hybridized carbons (Fsp3) is 0. The van der Waals surface area contributed by atoms with Gasteiger partial charge in [0.2, 0.25) is 5.89 Å². The van der Waals surface area contributed by atoms with Gasteiger partial charge in [-0.1, -0.05) is 11.6 Å². The van der Waals surface area contributed by atoms with Gasteiger partial charge in [0.1, 0.15) is 5.52 Å². The van der Waals surface area contributed by atoms with Crippen molar-refractivity contribution in [3.8, 4) is 11.5 Å². The van der Waals surface area contributed by atoms with E-state index in [-0.39, 0.29) is 16.5 Å². The molecule has 3 aromatic rings. The molecule has 0 saturated heterocycles. The zero-order valence-corrected chi connectivity index (χ0v) is 14.0. The minimum absolute atomic E-state index is 0.00335. The highest BCUT2D eigenvalue weighted by atomic mass is 79.9. The number of aromatic nitrogens is 1. The van der Waals surface area contributed by atoms with Crippen LogP contribution in [0.4, 0.5) is 14.5 Å². The maximum absolute atomic E-state index is 13.4. The lowest BCUT2D eigenvalue weighted by atomic mass is 10.2. The van der Waals surface area contributed by atoms with E-state index < -0.39 is 11.6 Å². The van der Waals surface area contributed by atoms with Crippen molar-refractivity contribution in [3.05, 3.63) is 43.8 Å². The van der Waals surface area contributed by atoms with Crippen LogP contribution in [0.1, 0.15) is 0 Å². The largest absolute Gasteiger partial charge is 0.436 e. The van der Waals surface area contributed by atoms with E-state index in [1.54, 1.807) is 6.07 Å². The van der Waals surface area contributed by atoms with Gasteiger partial charge in [0.05, 0.1) is 20.7 Å². The molecule has 0 amide bonds. The summed E-state index contributed by atoms with van der Waals surface area (Å²) in [5.74, 6) is -1.99. The van der Waals surface area contributed by atoms with E-state index in [0.717, 1.165) is 12.1 Å². The van der Waals surface area contributed by atoms with Gasteiger partial charge in [0, 0.05) is 4.47 Å². The number of fused-ring (bicyclic) bond motifs is 1. The lowest BCUT2D eigenvalue weighted by molar-refractivity contribution is 0.508. The zero-order valence-electron chi connectivity index (χ0n) is 10.1. The first kappa shape index (κ1) is 14.7. The van der Waals surface area contributed by atoms with E-state index in [0.29, 0.717) is 25.7 Å². The van der Waals surface area contributed by atoms with Crippen LogP contribution in [-0.4, -0.2) is 4.98 Å². The molecule has 0 aliphatic carbocycles. The molecule has 0 bridgehead atoms. The first-order chi connectivity index (χ1) is 9.88. The van der Waals surface area contributed by atoms with Crippen molar-refractivity contribution >= 4 is 60.2 Å². The summed E-state index contributed by atoms with van der Waals surface area (Å²) >= 11 is 12.5. The molecule has 0 saturated carbocycles. The highest BCUT2D eigenvalue weighted by molar-refractivity contribution is 9.11. The van der Waals surface area contributed by atoms with Crippen LogP contribution in [0.2, 0.25) is 5.02 Å². The number of nitrogens with zero attached hydrogens (tertiary/aromatic N) is 1. The van der Waals surface area contributed by atoms with Crippen molar-refractivity contribution in [3.63, 3.8) is 0 Å². The summed E-state index contributed by atoms with van der Waals surface area (Å²) in [7, 11) is 0. The molecular weight excluding hydrogens is 433 g/mol. The molecular formula is C13H5Br2ClF2N2O. The standard InChI is InChI=1S/C13H5Br2ClF2N2O/c14-5-2-9-12(10(15)11(5)19)20-13(21-9)4-1-7(17)8(18)3-6(4)16/h1-3H,19H2. The Hall–Kier alpha value is -1.18. The van der Waals surface area contributed by atoms with E-state index in [1.807, 2.05) is 0 Å². The predicted molar refractivity (Wildman–Crippen MR) is 84.2 cm³/mol. The number of anilines is 1. The van der Waals surface area contributed by atoms with E-state index in [4.69, 9.17) is 21.8 Å². The van der Waals surface area contributed by atoms with E-state index in [2.05, 4.69) is 36.8 Å². The molecule has 2 N–H and O–H groups in total. The van der Waals surface area contributed by atoms with E-state index in [1.165, 1.54) is 0 Å². The second-order valence-electron chi connectivity index (χ2n) is 4.20. The van der Waals surface area contributed by atoms with Gasteiger partial charge in [-0.05, 0) is 50.1 Å². The quantitative estimate of drug-likeness (QED) is 0.401. The maximum atomic E-state index is 13.4. The zero-order chi connectivity index (χ0) is 15.3. The van der Waals surface area contributed by atoms with Crippen LogP contribution in [0.3, 0.4) is 0 Å². The summed E-state index contributed by atoms with van der Waals surface area (Å²) in [5, 5.41) is 0.00335. The highest BCUT2D eigenvalue weighted by Gasteiger charge is 2.18. The molecule has 0 fully saturated rings. The van der Waals surface area contributed by atoms with Crippen molar-refractivity contribution in [2.45, 2.75) is 0 Å². The lowest BCUT2D eigenvalue weighted by Crippen LogP contribution is -1.89. The molecule has 21 heavy (non-hydrogen) atoms. The van der Waals surface area contributed by atoms with E-state index >= 15 is 0 Å². The summed E-state index contributed by atoms with van der Waals surface area (Å²) in [6.07, 6.45) is 0. The number of oxazole rings is 1. The molecule has 0 aliphatic rings. The molecule has 108 valence electrons. The molecule has 0 atom stereocenters. The molecule has 1 aromatic heterocycles. The van der Waals surface area contributed by atoms with Gasteiger partial charge in [-0.3, -0.25) is 0 Å².